The zero-order chi connectivity index (χ0) is 27.5. The molecule has 1 aromatic rings. The van der Waals surface area contributed by atoms with E-state index in [0.717, 1.165) is 5.56 Å². The average molecular weight is 516 g/mol. The van der Waals surface area contributed by atoms with E-state index >= 15 is 0 Å². The van der Waals surface area contributed by atoms with Crippen molar-refractivity contribution in [3.63, 3.8) is 0 Å². The summed E-state index contributed by atoms with van der Waals surface area (Å²) >= 11 is 0. The molecule has 10 nitrogen and oxygen atoms in total. The molecule has 2 aliphatic heterocycles. The molecule has 0 N–H and O–H groups in total. The molecular weight excluding hydrogens is 478 g/mol. The van der Waals surface area contributed by atoms with Gasteiger partial charge < -0.3 is 23.8 Å². The van der Waals surface area contributed by atoms with Gasteiger partial charge in [-0.1, -0.05) is 18.2 Å². The van der Waals surface area contributed by atoms with Gasteiger partial charge in [0.25, 0.3) is 5.91 Å². The highest BCUT2D eigenvalue weighted by molar-refractivity contribution is 6.05. The van der Waals surface area contributed by atoms with E-state index < -0.39 is 35.8 Å². The van der Waals surface area contributed by atoms with Gasteiger partial charge in [0.05, 0.1) is 19.3 Å². The van der Waals surface area contributed by atoms with Crippen LogP contribution in [-0.2, 0) is 28.5 Å². The van der Waals surface area contributed by atoms with Gasteiger partial charge in [0.2, 0.25) is 12.1 Å². The maximum absolute atomic E-state index is 13.2. The van der Waals surface area contributed by atoms with Gasteiger partial charge >= 0.3 is 12.1 Å². The molecule has 10 heteroatoms. The predicted octanol–water partition coefficient (Wildman–Crippen LogP) is 3.50. The largest absolute Gasteiger partial charge is 0.464 e. The van der Waals surface area contributed by atoms with Crippen molar-refractivity contribution >= 4 is 23.9 Å². The number of methoxy groups -OCH3 is 1. The number of fused-ring (bicyclic) bond motifs is 1. The van der Waals surface area contributed by atoms with E-state index in [0.29, 0.717) is 5.90 Å². The SMILES string of the molecule is COC(=O)/C(=C(/COC(=O)N(C(C)C)C(C)C)COC(C)(C)C)N1C(=O)[C@@H]2N=C(c3ccccc3)O[C@@H]21. The van der Waals surface area contributed by atoms with Gasteiger partial charge in [-0.3, -0.25) is 9.69 Å². The minimum atomic E-state index is -0.819. The second-order valence-electron chi connectivity index (χ2n) is 10.5. The Morgan fingerprint density at radius 1 is 1.08 bits per heavy atom. The number of carbonyl (C=O) groups excluding carboxylic acids is 3. The molecule has 3 rings (SSSR count). The number of nitrogens with zero attached hydrogens (tertiary/aromatic N) is 3. The lowest BCUT2D eigenvalue weighted by atomic mass is 10.0. The van der Waals surface area contributed by atoms with Crippen LogP contribution in [0.5, 0.6) is 0 Å². The van der Waals surface area contributed by atoms with Gasteiger partial charge in [0.1, 0.15) is 12.3 Å². The number of aliphatic imine (C=N–C) groups is 1. The van der Waals surface area contributed by atoms with Gasteiger partial charge in [-0.2, -0.15) is 0 Å². The Kier molecular flexibility index (Phi) is 8.63. The van der Waals surface area contributed by atoms with Crippen molar-refractivity contribution in [2.24, 2.45) is 4.99 Å². The van der Waals surface area contributed by atoms with E-state index in [1.807, 2.05) is 78.8 Å². The van der Waals surface area contributed by atoms with Crippen LogP contribution in [0.4, 0.5) is 4.79 Å². The monoisotopic (exact) mass is 515 g/mol. The lowest BCUT2D eigenvalue weighted by Crippen LogP contribution is -2.63. The van der Waals surface area contributed by atoms with Crippen LogP contribution in [0, 0.1) is 0 Å². The maximum Gasteiger partial charge on any atom is 0.410 e. The summed E-state index contributed by atoms with van der Waals surface area (Å²) in [7, 11) is 1.22. The van der Waals surface area contributed by atoms with Crippen molar-refractivity contribution in [1.29, 1.82) is 0 Å². The molecule has 1 aromatic carbocycles. The second-order valence-corrected chi connectivity index (χ2v) is 10.5. The van der Waals surface area contributed by atoms with Crippen LogP contribution in [0.3, 0.4) is 0 Å². The van der Waals surface area contributed by atoms with E-state index in [9.17, 15) is 14.4 Å². The number of hydrogen-bond acceptors (Lipinski definition) is 8. The van der Waals surface area contributed by atoms with Gasteiger partial charge in [-0.25, -0.2) is 14.6 Å². The summed E-state index contributed by atoms with van der Waals surface area (Å²) in [5.41, 5.74) is 0.371. The normalized spacial score (nSPS) is 19.6. The van der Waals surface area contributed by atoms with Crippen molar-refractivity contribution in [3.05, 3.63) is 47.2 Å². The molecule has 2 heterocycles. The summed E-state index contributed by atoms with van der Waals surface area (Å²) < 4.78 is 22.6. The lowest BCUT2D eigenvalue weighted by Gasteiger charge is -2.41. The number of β-lactam (4-membered cyclic amide) rings is 1. The lowest BCUT2D eigenvalue weighted by molar-refractivity contribution is -0.163. The summed E-state index contributed by atoms with van der Waals surface area (Å²) in [6, 6.07) is 8.24. The Labute approximate surface area is 218 Å². The zero-order valence-corrected chi connectivity index (χ0v) is 22.8. The van der Waals surface area contributed by atoms with Crippen molar-refractivity contribution in [3.8, 4) is 0 Å². The standard InChI is InChI=1S/C27H37N3O7/c1-16(2)29(17(3)4)26(33)35-14-19(15-36-27(5,6)7)21(25(32)34-8)30-23(31)20-24(30)37-22(28-20)18-12-10-9-11-13-18/h9-13,16-17,20,24H,14-15H2,1-8H3/b21-19+/t20-,24-/m0/s1. The molecule has 0 unspecified atom stereocenters. The Morgan fingerprint density at radius 3 is 2.24 bits per heavy atom. The molecule has 0 aromatic heterocycles. The third-order valence-electron chi connectivity index (χ3n) is 5.85. The molecule has 2 atom stereocenters. The quantitative estimate of drug-likeness (QED) is 0.281. The van der Waals surface area contributed by atoms with Gasteiger partial charge in [0, 0.05) is 23.2 Å². The van der Waals surface area contributed by atoms with Gasteiger partial charge in [-0.05, 0) is 60.6 Å². The third kappa shape index (κ3) is 6.30. The number of likely N-dealkylation sites (tertiary alicyclic amines) is 1. The highest BCUT2D eigenvalue weighted by Gasteiger charge is 2.57. The molecule has 0 saturated carbocycles. The van der Waals surface area contributed by atoms with Crippen molar-refractivity contribution in [1.82, 2.24) is 9.80 Å². The van der Waals surface area contributed by atoms with Crippen LogP contribution in [-0.4, -0.2) is 83.9 Å². The number of rotatable bonds is 9. The summed E-state index contributed by atoms with van der Waals surface area (Å²) in [6.07, 6.45) is -1.36. The fourth-order valence-corrected chi connectivity index (χ4v) is 4.15. The highest BCUT2D eigenvalue weighted by atomic mass is 16.6. The number of hydrogen-bond donors (Lipinski definition) is 0. The number of carbonyl (C=O) groups is 3. The minimum Gasteiger partial charge on any atom is -0.464 e. The van der Waals surface area contributed by atoms with Crippen LogP contribution < -0.4 is 0 Å². The molecule has 1 fully saturated rings. The van der Waals surface area contributed by atoms with Crippen LogP contribution in [0.1, 0.15) is 54.0 Å². The van der Waals surface area contributed by atoms with Gasteiger partial charge in [-0.15, -0.1) is 0 Å². The van der Waals surface area contributed by atoms with E-state index in [1.165, 1.54) is 12.0 Å². The zero-order valence-electron chi connectivity index (χ0n) is 22.8. The molecule has 1 saturated heterocycles. The van der Waals surface area contributed by atoms with Crippen LogP contribution >= 0.6 is 0 Å². The van der Waals surface area contributed by atoms with Crippen LogP contribution in [0.2, 0.25) is 0 Å². The summed E-state index contributed by atoms with van der Waals surface area (Å²) in [4.78, 5) is 46.3. The number of benzene rings is 1. The molecule has 0 radical (unpaired) electrons. The molecule has 202 valence electrons. The van der Waals surface area contributed by atoms with E-state index in [-0.39, 0.29) is 36.6 Å². The maximum atomic E-state index is 13.2. The minimum absolute atomic E-state index is 0.0713. The molecule has 2 aliphatic rings. The average Bonchev–Trinajstić information content (AvgIpc) is 3.22. The van der Waals surface area contributed by atoms with Crippen LogP contribution in [0.15, 0.2) is 46.6 Å². The third-order valence-corrected chi connectivity index (χ3v) is 5.85. The Bertz CT molecular complexity index is 1070. The second kappa shape index (κ2) is 11.3. The fourth-order valence-electron chi connectivity index (χ4n) is 4.15. The topological polar surface area (TPSA) is 107 Å². The number of esters is 1. The predicted molar refractivity (Wildman–Crippen MR) is 137 cm³/mol. The number of amides is 2. The summed E-state index contributed by atoms with van der Waals surface area (Å²) in [5, 5.41) is 0. The smallest absolute Gasteiger partial charge is 0.410 e. The van der Waals surface area contributed by atoms with Crippen molar-refractivity contribution in [2.75, 3.05) is 20.3 Å². The molecule has 0 bridgehead atoms. The highest BCUT2D eigenvalue weighted by Crippen LogP contribution is 2.36. The molecule has 0 aliphatic carbocycles. The van der Waals surface area contributed by atoms with E-state index in [1.54, 1.807) is 4.90 Å². The van der Waals surface area contributed by atoms with E-state index in [2.05, 4.69) is 4.99 Å². The Balaban J connectivity index is 1.93. The molecule has 0 spiro atoms. The molecular formula is C27H37N3O7. The number of ether oxygens (including phenoxy) is 4. The summed E-state index contributed by atoms with van der Waals surface area (Å²) in [6.45, 7) is 12.8. The molecule has 37 heavy (non-hydrogen) atoms. The van der Waals surface area contributed by atoms with Crippen molar-refractivity contribution < 1.29 is 33.3 Å². The molecule has 2 amide bonds. The Morgan fingerprint density at radius 2 is 1.70 bits per heavy atom. The Hall–Kier alpha value is -3.40. The summed E-state index contributed by atoms with van der Waals surface area (Å²) in [5.74, 6) is -0.863. The first kappa shape index (κ1) is 28.2. The first-order chi connectivity index (χ1) is 17.4. The van der Waals surface area contributed by atoms with Gasteiger partial charge in [0.15, 0.2) is 6.04 Å². The first-order valence-electron chi connectivity index (χ1n) is 12.4. The first-order valence-corrected chi connectivity index (χ1v) is 12.4. The fraction of sp³-hybridized carbons (Fsp3) is 0.556. The van der Waals surface area contributed by atoms with Crippen LogP contribution in [0.25, 0.3) is 0 Å². The van der Waals surface area contributed by atoms with E-state index in [4.69, 9.17) is 18.9 Å². The van der Waals surface area contributed by atoms with Crippen molar-refractivity contribution in [2.45, 2.75) is 78.4 Å².